The predicted octanol–water partition coefficient (Wildman–Crippen LogP) is 2.99. The number of esters is 1. The molecule has 0 bridgehead atoms. The third-order valence-electron chi connectivity index (χ3n) is 5.92. The van der Waals surface area contributed by atoms with Gasteiger partial charge in [-0.1, -0.05) is 11.6 Å². The Morgan fingerprint density at radius 3 is 2.62 bits per heavy atom. The Balaban J connectivity index is 1.42. The van der Waals surface area contributed by atoms with E-state index in [9.17, 15) is 9.59 Å². The average Bonchev–Trinajstić information content (AvgIpc) is 2.75. The van der Waals surface area contributed by atoms with Crippen LogP contribution in [0.1, 0.15) is 49.4 Å². The molecule has 0 aromatic heterocycles. The lowest BCUT2D eigenvalue weighted by Crippen LogP contribution is -2.54. The number of rotatable bonds is 7. The molecule has 0 saturated carbocycles. The van der Waals surface area contributed by atoms with Crippen LogP contribution in [0.15, 0.2) is 35.9 Å². The highest BCUT2D eigenvalue weighted by Gasteiger charge is 2.25. The quantitative estimate of drug-likeness (QED) is 0.564. The molecule has 0 radical (unpaired) electrons. The Hall–Kier alpha value is -2.34. The van der Waals surface area contributed by atoms with E-state index >= 15 is 0 Å². The summed E-state index contributed by atoms with van der Waals surface area (Å²) >= 11 is 0. The van der Waals surface area contributed by atoms with Crippen molar-refractivity contribution in [3.63, 3.8) is 0 Å². The van der Waals surface area contributed by atoms with Gasteiger partial charge in [0.05, 0.1) is 19.2 Å². The van der Waals surface area contributed by atoms with Gasteiger partial charge in [0.1, 0.15) is 0 Å². The zero-order valence-corrected chi connectivity index (χ0v) is 17.7. The summed E-state index contributed by atoms with van der Waals surface area (Å²) in [5.41, 5.74) is 3.15. The first-order valence-corrected chi connectivity index (χ1v) is 10.7. The van der Waals surface area contributed by atoms with Crippen molar-refractivity contribution in [1.29, 1.82) is 0 Å². The van der Waals surface area contributed by atoms with Gasteiger partial charge in [-0.05, 0) is 63.3 Å². The van der Waals surface area contributed by atoms with Crippen LogP contribution in [0.3, 0.4) is 0 Å². The van der Waals surface area contributed by atoms with Gasteiger partial charge in [-0.3, -0.25) is 9.69 Å². The Morgan fingerprint density at radius 2 is 1.97 bits per heavy atom. The van der Waals surface area contributed by atoms with E-state index in [1.54, 1.807) is 12.1 Å². The third kappa shape index (κ3) is 6.07. The first kappa shape index (κ1) is 21.4. The number of nitrogens with zero attached hydrogens (tertiary/aromatic N) is 2. The number of carbonyl (C=O) groups excluding carboxylic acids is 2. The summed E-state index contributed by atoms with van der Waals surface area (Å²) in [6.45, 7) is 5.92. The van der Waals surface area contributed by atoms with Crippen LogP contribution < -0.4 is 10.2 Å². The number of amides is 1. The summed E-state index contributed by atoms with van der Waals surface area (Å²) in [6.07, 6.45) is 8.29. The summed E-state index contributed by atoms with van der Waals surface area (Å²) in [5.74, 6) is -0.204. The molecule has 3 rings (SSSR count). The van der Waals surface area contributed by atoms with Crippen molar-refractivity contribution < 1.29 is 14.3 Å². The lowest BCUT2D eigenvalue weighted by Gasteiger charge is -2.40. The minimum atomic E-state index is -0.319. The number of nitrogens with one attached hydrogen (secondary N) is 1. The SMILES string of the molecule is COC(=O)c1ccc(N2CCN(CC(=O)NCCC3=CCCCC3)C(C)C2)cc1. The number of piperazine rings is 1. The molecule has 1 heterocycles. The van der Waals surface area contributed by atoms with Gasteiger partial charge in [-0.25, -0.2) is 4.79 Å². The van der Waals surface area contributed by atoms with Gasteiger partial charge in [0, 0.05) is 37.9 Å². The number of carbonyl (C=O) groups is 2. The fourth-order valence-corrected chi connectivity index (χ4v) is 4.13. The van der Waals surface area contributed by atoms with E-state index in [4.69, 9.17) is 4.74 Å². The maximum atomic E-state index is 12.4. The van der Waals surface area contributed by atoms with E-state index in [0.717, 1.165) is 38.3 Å². The number of ether oxygens (including phenoxy) is 1. The molecular formula is C23H33N3O3. The molecule has 0 spiro atoms. The monoisotopic (exact) mass is 399 g/mol. The first-order chi connectivity index (χ1) is 14.1. The molecule has 1 aliphatic carbocycles. The Labute approximate surface area is 173 Å². The normalized spacial score (nSPS) is 20.1. The standard InChI is InChI=1S/C23H33N3O3/c1-18-16-26(21-10-8-20(9-11-21)23(28)29-2)15-14-25(18)17-22(27)24-13-12-19-6-4-3-5-7-19/h6,8-11,18H,3-5,7,12-17H2,1-2H3,(H,24,27). The van der Waals surface area contributed by atoms with Crippen molar-refractivity contribution in [2.24, 2.45) is 0 Å². The van der Waals surface area contributed by atoms with E-state index in [0.29, 0.717) is 12.1 Å². The number of hydrogen-bond donors (Lipinski definition) is 1. The summed E-state index contributed by atoms with van der Waals surface area (Å²) < 4.78 is 4.75. The second-order valence-electron chi connectivity index (χ2n) is 8.01. The van der Waals surface area contributed by atoms with Crippen LogP contribution in [0, 0.1) is 0 Å². The fourth-order valence-electron chi connectivity index (χ4n) is 4.13. The second-order valence-corrected chi connectivity index (χ2v) is 8.01. The maximum absolute atomic E-state index is 12.4. The van der Waals surface area contributed by atoms with Gasteiger partial charge in [0.25, 0.3) is 0 Å². The van der Waals surface area contributed by atoms with Crippen molar-refractivity contribution in [3.8, 4) is 0 Å². The van der Waals surface area contributed by atoms with Crippen LogP contribution >= 0.6 is 0 Å². The summed E-state index contributed by atoms with van der Waals surface area (Å²) in [6, 6.07) is 7.81. The van der Waals surface area contributed by atoms with E-state index in [2.05, 4.69) is 28.1 Å². The van der Waals surface area contributed by atoms with Crippen LogP contribution in [-0.4, -0.2) is 62.7 Å². The Kier molecular flexibility index (Phi) is 7.69. The van der Waals surface area contributed by atoms with E-state index in [-0.39, 0.29) is 17.9 Å². The van der Waals surface area contributed by atoms with Gasteiger partial charge >= 0.3 is 5.97 Å². The molecule has 1 unspecified atom stereocenters. The molecule has 1 amide bonds. The maximum Gasteiger partial charge on any atom is 0.337 e. The van der Waals surface area contributed by atoms with Crippen molar-refractivity contribution in [1.82, 2.24) is 10.2 Å². The summed E-state index contributed by atoms with van der Waals surface area (Å²) in [4.78, 5) is 28.5. The van der Waals surface area contributed by atoms with Crippen LogP contribution in [0.5, 0.6) is 0 Å². The van der Waals surface area contributed by atoms with Crippen molar-refractivity contribution in [3.05, 3.63) is 41.5 Å². The zero-order valence-electron chi connectivity index (χ0n) is 17.7. The minimum absolute atomic E-state index is 0.115. The topological polar surface area (TPSA) is 61.9 Å². The lowest BCUT2D eigenvalue weighted by molar-refractivity contribution is -0.122. The minimum Gasteiger partial charge on any atom is -0.465 e. The van der Waals surface area contributed by atoms with Gasteiger partial charge in [-0.15, -0.1) is 0 Å². The number of allylic oxidation sites excluding steroid dienone is 1. The largest absolute Gasteiger partial charge is 0.465 e. The molecule has 1 aliphatic heterocycles. The highest BCUT2D eigenvalue weighted by molar-refractivity contribution is 5.89. The molecule has 6 nitrogen and oxygen atoms in total. The van der Waals surface area contributed by atoms with Gasteiger partial charge in [0.15, 0.2) is 0 Å². The first-order valence-electron chi connectivity index (χ1n) is 10.7. The second kappa shape index (κ2) is 10.4. The molecule has 1 aromatic carbocycles. The van der Waals surface area contributed by atoms with Gasteiger partial charge < -0.3 is 15.0 Å². The molecule has 1 fully saturated rings. The summed E-state index contributed by atoms with van der Waals surface area (Å²) in [5, 5.41) is 3.08. The van der Waals surface area contributed by atoms with Crippen LogP contribution in [-0.2, 0) is 9.53 Å². The number of methoxy groups -OCH3 is 1. The smallest absolute Gasteiger partial charge is 0.337 e. The predicted molar refractivity (Wildman–Crippen MR) is 115 cm³/mol. The highest BCUT2D eigenvalue weighted by atomic mass is 16.5. The van der Waals surface area contributed by atoms with Crippen LogP contribution in [0.4, 0.5) is 5.69 Å². The fraction of sp³-hybridized carbons (Fsp3) is 0.565. The molecule has 29 heavy (non-hydrogen) atoms. The number of benzene rings is 1. The van der Waals surface area contributed by atoms with Gasteiger partial charge in [0.2, 0.25) is 5.91 Å². The molecular weight excluding hydrogens is 366 g/mol. The molecule has 1 atom stereocenters. The highest BCUT2D eigenvalue weighted by Crippen LogP contribution is 2.21. The van der Waals surface area contributed by atoms with Gasteiger partial charge in [-0.2, -0.15) is 0 Å². The lowest BCUT2D eigenvalue weighted by atomic mass is 9.97. The Morgan fingerprint density at radius 1 is 1.17 bits per heavy atom. The molecule has 6 heteroatoms. The average molecular weight is 400 g/mol. The molecule has 2 aliphatic rings. The zero-order chi connectivity index (χ0) is 20.6. The number of anilines is 1. The van der Waals surface area contributed by atoms with Crippen LogP contribution in [0.25, 0.3) is 0 Å². The van der Waals surface area contributed by atoms with Crippen molar-refractivity contribution in [2.75, 3.05) is 44.7 Å². The van der Waals surface area contributed by atoms with Crippen LogP contribution in [0.2, 0.25) is 0 Å². The van der Waals surface area contributed by atoms with Crippen molar-refractivity contribution in [2.45, 2.75) is 45.1 Å². The molecule has 1 N–H and O–H groups in total. The molecule has 1 aromatic rings. The number of hydrogen-bond acceptors (Lipinski definition) is 5. The molecule has 158 valence electrons. The summed E-state index contributed by atoms with van der Waals surface area (Å²) in [7, 11) is 1.39. The van der Waals surface area contributed by atoms with Crippen molar-refractivity contribution >= 4 is 17.6 Å². The van der Waals surface area contributed by atoms with E-state index in [1.165, 1.54) is 38.4 Å². The van der Waals surface area contributed by atoms with E-state index in [1.807, 2.05) is 12.1 Å². The molecule has 1 saturated heterocycles. The van der Waals surface area contributed by atoms with E-state index < -0.39 is 0 Å². The Bertz CT molecular complexity index is 729. The third-order valence-corrected chi connectivity index (χ3v) is 5.92.